The van der Waals surface area contributed by atoms with Gasteiger partial charge >= 0.3 is 12.0 Å². The summed E-state index contributed by atoms with van der Waals surface area (Å²) in [4.78, 5) is 16.1. The minimum absolute atomic E-state index is 0.152. The predicted octanol–water partition coefficient (Wildman–Crippen LogP) is 6.53. The Morgan fingerprint density at radius 1 is 0.778 bits per heavy atom. The van der Waals surface area contributed by atoms with Crippen LogP contribution in [0.15, 0.2) is 78.9 Å². The molecule has 8 nitrogen and oxygen atoms in total. The minimum Gasteiger partial charge on any atom is -0.469 e. The van der Waals surface area contributed by atoms with E-state index in [4.69, 9.17) is 28.9 Å². The fourth-order valence-corrected chi connectivity index (χ4v) is 7.23. The van der Waals surface area contributed by atoms with Crippen molar-refractivity contribution in [3.8, 4) is 28.9 Å². The summed E-state index contributed by atoms with van der Waals surface area (Å²) in [5.74, 6) is 1.17. The number of methoxy groups -OCH3 is 2. The Morgan fingerprint density at radius 3 is 2.16 bits per heavy atom. The van der Waals surface area contributed by atoms with Crippen LogP contribution in [0.4, 0.5) is 5.69 Å². The third-order valence-electron chi connectivity index (χ3n) is 9.41. The van der Waals surface area contributed by atoms with E-state index in [1.165, 1.54) is 36.5 Å². The number of rotatable bonds is 5. The number of hydrogen-bond donors (Lipinski definition) is 0. The summed E-state index contributed by atoms with van der Waals surface area (Å²) in [7, 11) is 3.07. The molecule has 0 bridgehead atoms. The molecule has 0 N–H and O–H groups in total. The highest BCUT2D eigenvalue weighted by atomic mass is 16.5. The molecule has 45 heavy (non-hydrogen) atoms. The first-order valence-electron chi connectivity index (χ1n) is 15.3. The maximum atomic E-state index is 7.32. The lowest BCUT2D eigenvalue weighted by Crippen LogP contribution is -2.38. The summed E-state index contributed by atoms with van der Waals surface area (Å²) in [5.41, 5.74) is 6.77. The SMILES string of the molecule is COc1nc(OC)nc(C2(c3ccc(N4CCOCC4)cc3)C=Cc3c4c(c5ccccc5c3O2)-c2ccccc2C4(C)C)n1. The molecule has 3 heterocycles. The van der Waals surface area contributed by atoms with Crippen LogP contribution in [0.25, 0.3) is 28.0 Å². The smallest absolute Gasteiger partial charge is 0.322 e. The van der Waals surface area contributed by atoms with Crippen molar-refractivity contribution in [1.82, 2.24) is 15.0 Å². The molecule has 0 saturated carbocycles. The molecule has 1 aromatic heterocycles. The first kappa shape index (κ1) is 27.6. The van der Waals surface area contributed by atoms with Crippen LogP contribution >= 0.6 is 0 Å². The Balaban J connectivity index is 1.37. The second-order valence-electron chi connectivity index (χ2n) is 12.2. The number of hydrogen-bond acceptors (Lipinski definition) is 8. The number of morpholine rings is 1. The normalized spacial score (nSPS) is 19.4. The average molecular weight is 599 g/mol. The molecule has 1 unspecified atom stereocenters. The monoisotopic (exact) mass is 598 g/mol. The van der Waals surface area contributed by atoms with Crippen molar-refractivity contribution in [2.24, 2.45) is 0 Å². The van der Waals surface area contributed by atoms with E-state index in [0.29, 0.717) is 5.82 Å². The van der Waals surface area contributed by atoms with Gasteiger partial charge in [-0.25, -0.2) is 0 Å². The van der Waals surface area contributed by atoms with Crippen molar-refractivity contribution in [3.05, 3.63) is 107 Å². The second kappa shape index (κ2) is 10.3. The van der Waals surface area contributed by atoms with Crippen LogP contribution in [-0.4, -0.2) is 55.5 Å². The topological polar surface area (TPSA) is 78.8 Å². The Hall–Kier alpha value is -4.95. The van der Waals surface area contributed by atoms with Gasteiger partial charge in [-0.05, 0) is 45.8 Å². The Morgan fingerprint density at radius 2 is 1.44 bits per heavy atom. The molecule has 3 aliphatic rings. The van der Waals surface area contributed by atoms with Crippen molar-refractivity contribution < 1.29 is 18.9 Å². The second-order valence-corrected chi connectivity index (χ2v) is 12.2. The molecule has 226 valence electrons. The van der Waals surface area contributed by atoms with Crippen LogP contribution in [-0.2, 0) is 15.8 Å². The zero-order chi connectivity index (χ0) is 30.8. The van der Waals surface area contributed by atoms with E-state index in [9.17, 15) is 0 Å². The molecule has 1 fully saturated rings. The lowest BCUT2D eigenvalue weighted by molar-refractivity contribution is 0.122. The summed E-state index contributed by atoms with van der Waals surface area (Å²) in [5, 5.41) is 2.19. The largest absolute Gasteiger partial charge is 0.469 e. The van der Waals surface area contributed by atoms with Crippen molar-refractivity contribution >= 4 is 22.5 Å². The molecule has 2 aliphatic heterocycles. The maximum absolute atomic E-state index is 7.32. The zero-order valence-corrected chi connectivity index (χ0v) is 25.8. The minimum atomic E-state index is -1.19. The van der Waals surface area contributed by atoms with Gasteiger partial charge in [0.15, 0.2) is 5.82 Å². The number of fused-ring (bicyclic) bond motifs is 8. The van der Waals surface area contributed by atoms with E-state index in [1.807, 2.05) is 0 Å². The van der Waals surface area contributed by atoms with Gasteiger partial charge in [0, 0.05) is 40.7 Å². The Bertz CT molecular complexity index is 1960. The van der Waals surface area contributed by atoms with Gasteiger partial charge in [0.1, 0.15) is 5.75 Å². The average Bonchev–Trinajstić information content (AvgIpc) is 3.35. The van der Waals surface area contributed by atoms with E-state index < -0.39 is 5.60 Å². The first-order valence-corrected chi connectivity index (χ1v) is 15.3. The van der Waals surface area contributed by atoms with Crippen LogP contribution in [0.1, 0.15) is 41.9 Å². The van der Waals surface area contributed by atoms with Gasteiger partial charge in [-0.1, -0.05) is 80.6 Å². The van der Waals surface area contributed by atoms with Gasteiger partial charge in [-0.3, -0.25) is 0 Å². The molecular weight excluding hydrogens is 564 g/mol. The molecule has 0 amide bonds. The lowest BCUT2D eigenvalue weighted by Gasteiger charge is -2.37. The third kappa shape index (κ3) is 4.12. The molecule has 1 aliphatic carbocycles. The van der Waals surface area contributed by atoms with Crippen LogP contribution in [0.3, 0.4) is 0 Å². The third-order valence-corrected chi connectivity index (χ3v) is 9.41. The van der Waals surface area contributed by atoms with Gasteiger partial charge < -0.3 is 23.8 Å². The number of benzene rings is 4. The van der Waals surface area contributed by atoms with Crippen LogP contribution in [0.2, 0.25) is 0 Å². The fourth-order valence-electron chi connectivity index (χ4n) is 7.23. The van der Waals surface area contributed by atoms with Gasteiger partial charge in [-0.15, -0.1) is 4.98 Å². The summed E-state index contributed by atoms with van der Waals surface area (Å²) >= 11 is 0. The standard InChI is InChI=1S/C37H34N4O4/c1-36(2)29-12-8-7-11-27(29)30-25-9-5-6-10-26(25)32-28(31(30)36)17-18-37(45-32,33-38-34(42-3)40-35(39-33)43-4)23-13-15-24(16-14-23)41-19-21-44-22-20-41/h5-18H,19-22H2,1-4H3. The summed E-state index contributed by atoms with van der Waals surface area (Å²) < 4.78 is 23.9. The predicted molar refractivity (Wildman–Crippen MR) is 174 cm³/mol. The quantitative estimate of drug-likeness (QED) is 0.226. The number of aromatic nitrogens is 3. The van der Waals surface area contributed by atoms with Crippen LogP contribution < -0.4 is 19.1 Å². The van der Waals surface area contributed by atoms with Crippen molar-refractivity contribution in [2.45, 2.75) is 24.9 Å². The highest BCUT2D eigenvalue weighted by molar-refractivity contribution is 6.08. The van der Waals surface area contributed by atoms with Crippen LogP contribution in [0, 0.1) is 0 Å². The van der Waals surface area contributed by atoms with Crippen molar-refractivity contribution in [3.63, 3.8) is 0 Å². The molecule has 5 aromatic rings. The van der Waals surface area contributed by atoms with Crippen molar-refractivity contribution in [2.75, 3.05) is 45.4 Å². The number of anilines is 1. The molecule has 1 atom stereocenters. The van der Waals surface area contributed by atoms with Gasteiger partial charge in [0.2, 0.25) is 5.60 Å². The van der Waals surface area contributed by atoms with Crippen molar-refractivity contribution in [1.29, 1.82) is 0 Å². The highest BCUT2D eigenvalue weighted by Gasteiger charge is 2.46. The molecule has 0 radical (unpaired) electrons. The van der Waals surface area contributed by atoms with E-state index in [1.54, 1.807) is 0 Å². The Kier molecular flexibility index (Phi) is 6.32. The fraction of sp³-hybridized carbons (Fsp3) is 0.270. The van der Waals surface area contributed by atoms with Crippen LogP contribution in [0.5, 0.6) is 17.8 Å². The highest BCUT2D eigenvalue weighted by Crippen LogP contribution is 2.57. The summed E-state index contributed by atoms with van der Waals surface area (Å²) in [6, 6.07) is 26.0. The maximum Gasteiger partial charge on any atom is 0.322 e. The molecule has 8 heteroatoms. The number of ether oxygens (including phenoxy) is 4. The van der Waals surface area contributed by atoms with E-state index >= 15 is 0 Å². The molecule has 0 spiro atoms. The molecule has 1 saturated heterocycles. The van der Waals surface area contributed by atoms with E-state index in [-0.39, 0.29) is 17.4 Å². The summed E-state index contributed by atoms with van der Waals surface area (Å²) in [6.07, 6.45) is 4.26. The van der Waals surface area contributed by atoms with Gasteiger partial charge in [0.05, 0.1) is 27.4 Å². The summed E-state index contributed by atoms with van der Waals surface area (Å²) in [6.45, 7) is 7.74. The van der Waals surface area contributed by atoms with E-state index in [0.717, 1.165) is 59.6 Å². The van der Waals surface area contributed by atoms with E-state index in [2.05, 4.69) is 109 Å². The first-order chi connectivity index (χ1) is 21.9. The zero-order valence-electron chi connectivity index (χ0n) is 25.8. The molecule has 8 rings (SSSR count). The van der Waals surface area contributed by atoms with Gasteiger partial charge in [-0.2, -0.15) is 9.97 Å². The lowest BCUT2D eigenvalue weighted by atomic mass is 9.77. The Labute approximate surface area is 262 Å². The van der Waals surface area contributed by atoms with Gasteiger partial charge in [0.25, 0.3) is 0 Å². The molecule has 4 aromatic carbocycles. The number of nitrogens with zero attached hydrogens (tertiary/aromatic N) is 4. The molecular formula is C37H34N4O4.